The lowest BCUT2D eigenvalue weighted by atomic mass is 10.1. The van der Waals surface area contributed by atoms with Gasteiger partial charge in [0, 0.05) is 6.42 Å². The summed E-state index contributed by atoms with van der Waals surface area (Å²) < 4.78 is 34.5. The van der Waals surface area contributed by atoms with E-state index in [0.29, 0.717) is 35.9 Å². The molecule has 1 N–H and O–H groups in total. The van der Waals surface area contributed by atoms with Crippen LogP contribution in [-0.4, -0.2) is 41.8 Å². The Morgan fingerprint density at radius 3 is 2.68 bits per heavy atom. The predicted octanol–water partition coefficient (Wildman–Crippen LogP) is 3.57. The Morgan fingerprint density at radius 1 is 1.13 bits per heavy atom. The van der Waals surface area contributed by atoms with E-state index in [-0.39, 0.29) is 34.3 Å². The number of sulfone groups is 1. The van der Waals surface area contributed by atoms with Gasteiger partial charge >= 0.3 is 0 Å². The van der Waals surface area contributed by atoms with E-state index in [4.69, 9.17) is 9.15 Å². The molecule has 1 amide bonds. The van der Waals surface area contributed by atoms with Crippen LogP contribution in [0, 0.1) is 5.92 Å². The van der Waals surface area contributed by atoms with Gasteiger partial charge in [-0.1, -0.05) is 42.1 Å². The lowest BCUT2D eigenvalue weighted by Crippen LogP contribution is -2.14. The molecule has 8 nitrogen and oxygen atoms in total. The minimum atomic E-state index is -2.94. The van der Waals surface area contributed by atoms with Crippen molar-refractivity contribution in [1.29, 1.82) is 0 Å². The van der Waals surface area contributed by atoms with E-state index in [0.717, 1.165) is 11.8 Å². The second-order valence-corrected chi connectivity index (χ2v) is 10.3. The normalized spacial score (nSPS) is 17.4. The van der Waals surface area contributed by atoms with Crippen molar-refractivity contribution in [2.24, 2.45) is 5.92 Å². The predicted molar refractivity (Wildman–Crippen MR) is 117 cm³/mol. The largest absolute Gasteiger partial charge is 0.455 e. The van der Waals surface area contributed by atoms with Crippen LogP contribution in [0.2, 0.25) is 0 Å². The molecule has 0 unspecified atom stereocenters. The zero-order valence-corrected chi connectivity index (χ0v) is 18.2. The van der Waals surface area contributed by atoms with Gasteiger partial charge in [0.05, 0.1) is 22.9 Å². The number of nitrogens with one attached hydrogen (secondary N) is 1. The number of hydrogen-bond acceptors (Lipinski definition) is 8. The first-order valence-electron chi connectivity index (χ1n) is 9.74. The van der Waals surface area contributed by atoms with Gasteiger partial charge in [0.1, 0.15) is 5.75 Å². The summed E-state index contributed by atoms with van der Waals surface area (Å²) in [4.78, 5) is 12.4. The SMILES string of the molecule is O=C(CSc1nnc(C[C@H]2CCS(=O)(=O)C2)o1)Nc1ccccc1Oc1ccccc1. The topological polar surface area (TPSA) is 111 Å². The monoisotopic (exact) mass is 459 g/mol. The van der Waals surface area contributed by atoms with E-state index in [2.05, 4.69) is 15.5 Å². The van der Waals surface area contributed by atoms with Gasteiger partial charge in [-0.05, 0) is 36.6 Å². The van der Waals surface area contributed by atoms with E-state index >= 15 is 0 Å². The molecule has 2 aromatic carbocycles. The highest BCUT2D eigenvalue weighted by molar-refractivity contribution is 7.99. The van der Waals surface area contributed by atoms with Gasteiger partial charge in [0.2, 0.25) is 11.8 Å². The molecular weight excluding hydrogens is 438 g/mol. The third kappa shape index (κ3) is 6.08. The summed E-state index contributed by atoms with van der Waals surface area (Å²) in [5, 5.41) is 11.0. The van der Waals surface area contributed by atoms with Crippen molar-refractivity contribution in [3.05, 3.63) is 60.5 Å². The van der Waals surface area contributed by atoms with Crippen LogP contribution in [0.3, 0.4) is 0 Å². The standard InChI is InChI=1S/C21H21N3O5S2/c25-19(22-17-8-4-5-9-18(17)28-16-6-2-1-3-7-16)13-30-21-24-23-20(29-21)12-15-10-11-31(26,27)14-15/h1-9,15H,10-14H2,(H,22,25)/t15-/m1/s1. The number of ether oxygens (including phenoxy) is 1. The summed E-state index contributed by atoms with van der Waals surface area (Å²) in [5.74, 6) is 1.83. The van der Waals surface area contributed by atoms with Crippen molar-refractivity contribution < 1.29 is 22.4 Å². The molecular formula is C21H21N3O5S2. The minimum absolute atomic E-state index is 0.00714. The van der Waals surface area contributed by atoms with E-state index in [1.807, 2.05) is 42.5 Å². The first-order chi connectivity index (χ1) is 15.0. The highest BCUT2D eigenvalue weighted by atomic mass is 32.2. The number of amides is 1. The molecule has 162 valence electrons. The second kappa shape index (κ2) is 9.52. The summed E-state index contributed by atoms with van der Waals surface area (Å²) in [6.45, 7) is 0. The maximum absolute atomic E-state index is 12.4. The summed E-state index contributed by atoms with van der Waals surface area (Å²) in [7, 11) is -2.94. The van der Waals surface area contributed by atoms with Crippen molar-refractivity contribution in [3.63, 3.8) is 0 Å². The molecule has 0 saturated carbocycles. The van der Waals surface area contributed by atoms with Crippen molar-refractivity contribution in [2.75, 3.05) is 22.6 Å². The maximum Gasteiger partial charge on any atom is 0.277 e. The molecule has 3 aromatic rings. The Kier molecular flexibility index (Phi) is 6.57. The minimum Gasteiger partial charge on any atom is -0.455 e. The Balaban J connectivity index is 1.30. The molecule has 1 fully saturated rings. The maximum atomic E-state index is 12.4. The molecule has 2 heterocycles. The third-order valence-corrected chi connectivity index (χ3v) is 7.35. The average Bonchev–Trinajstić information content (AvgIpc) is 3.34. The van der Waals surface area contributed by atoms with Crippen LogP contribution in [0.4, 0.5) is 5.69 Å². The molecule has 1 saturated heterocycles. The Labute approximate surface area is 184 Å². The molecule has 10 heteroatoms. The zero-order chi connectivity index (χ0) is 21.7. The zero-order valence-electron chi connectivity index (χ0n) is 16.6. The Morgan fingerprint density at radius 2 is 1.90 bits per heavy atom. The van der Waals surface area contributed by atoms with Crippen LogP contribution >= 0.6 is 11.8 Å². The van der Waals surface area contributed by atoms with Gasteiger partial charge in [-0.15, -0.1) is 10.2 Å². The number of thioether (sulfide) groups is 1. The summed E-state index contributed by atoms with van der Waals surface area (Å²) in [6, 6.07) is 16.5. The number of rotatable bonds is 8. The highest BCUT2D eigenvalue weighted by Gasteiger charge is 2.29. The average molecular weight is 460 g/mol. The summed E-state index contributed by atoms with van der Waals surface area (Å²) in [6.07, 6.45) is 1.04. The second-order valence-electron chi connectivity index (χ2n) is 7.18. The van der Waals surface area contributed by atoms with Crippen molar-refractivity contribution in [3.8, 4) is 11.5 Å². The lowest BCUT2D eigenvalue weighted by Gasteiger charge is -2.11. The number of carbonyl (C=O) groups is 1. The quantitative estimate of drug-likeness (QED) is 0.509. The van der Waals surface area contributed by atoms with Crippen molar-refractivity contribution >= 4 is 33.2 Å². The van der Waals surface area contributed by atoms with Gasteiger partial charge in [0.25, 0.3) is 5.22 Å². The molecule has 1 aromatic heterocycles. The number of benzene rings is 2. The highest BCUT2D eigenvalue weighted by Crippen LogP contribution is 2.29. The van der Waals surface area contributed by atoms with Gasteiger partial charge in [0.15, 0.2) is 15.6 Å². The molecule has 1 aliphatic rings. The number of anilines is 1. The van der Waals surface area contributed by atoms with E-state index in [9.17, 15) is 13.2 Å². The van der Waals surface area contributed by atoms with Crippen LogP contribution in [0.1, 0.15) is 12.3 Å². The molecule has 0 bridgehead atoms. The number of carbonyl (C=O) groups excluding carboxylic acids is 1. The van der Waals surface area contributed by atoms with Gasteiger partial charge < -0.3 is 14.5 Å². The van der Waals surface area contributed by atoms with Gasteiger partial charge in [-0.2, -0.15) is 0 Å². The van der Waals surface area contributed by atoms with Gasteiger partial charge in [-0.3, -0.25) is 4.79 Å². The van der Waals surface area contributed by atoms with Crippen LogP contribution in [0.5, 0.6) is 11.5 Å². The summed E-state index contributed by atoms with van der Waals surface area (Å²) >= 11 is 1.12. The fraction of sp³-hybridized carbons (Fsp3) is 0.286. The Bertz CT molecular complexity index is 1150. The number of para-hydroxylation sites is 3. The van der Waals surface area contributed by atoms with Gasteiger partial charge in [-0.25, -0.2) is 8.42 Å². The molecule has 4 rings (SSSR count). The van der Waals surface area contributed by atoms with E-state index in [1.54, 1.807) is 12.1 Å². The molecule has 0 radical (unpaired) electrons. The van der Waals surface area contributed by atoms with Crippen LogP contribution in [-0.2, 0) is 21.1 Å². The van der Waals surface area contributed by atoms with Crippen LogP contribution in [0.15, 0.2) is 64.2 Å². The van der Waals surface area contributed by atoms with Crippen LogP contribution < -0.4 is 10.1 Å². The molecule has 1 atom stereocenters. The van der Waals surface area contributed by atoms with Crippen molar-refractivity contribution in [1.82, 2.24) is 10.2 Å². The number of hydrogen-bond donors (Lipinski definition) is 1. The smallest absolute Gasteiger partial charge is 0.277 e. The van der Waals surface area contributed by atoms with E-state index < -0.39 is 9.84 Å². The first kappa shape index (κ1) is 21.4. The Hall–Kier alpha value is -2.85. The molecule has 0 aliphatic carbocycles. The summed E-state index contributed by atoms with van der Waals surface area (Å²) in [5.41, 5.74) is 0.561. The third-order valence-electron chi connectivity index (χ3n) is 4.70. The van der Waals surface area contributed by atoms with Crippen LogP contribution in [0.25, 0.3) is 0 Å². The lowest BCUT2D eigenvalue weighted by molar-refractivity contribution is -0.113. The molecule has 1 aliphatic heterocycles. The number of nitrogens with zero attached hydrogens (tertiary/aromatic N) is 2. The fourth-order valence-corrected chi connectivity index (χ4v) is 5.69. The molecule has 0 spiro atoms. The fourth-order valence-electron chi connectivity index (χ4n) is 3.25. The van der Waals surface area contributed by atoms with Crippen molar-refractivity contribution in [2.45, 2.75) is 18.1 Å². The molecule has 31 heavy (non-hydrogen) atoms. The van der Waals surface area contributed by atoms with E-state index in [1.165, 1.54) is 0 Å². The number of aromatic nitrogens is 2. The first-order valence-corrected chi connectivity index (χ1v) is 12.5.